The average Bonchev–Trinajstić information content (AvgIpc) is 2.67. The molecule has 1 aliphatic heterocycles. The van der Waals surface area contributed by atoms with Gasteiger partial charge in [-0.1, -0.05) is 44.2 Å². The van der Waals surface area contributed by atoms with Crippen LogP contribution >= 0.6 is 0 Å². The molecule has 1 saturated heterocycles. The lowest BCUT2D eigenvalue weighted by Crippen LogP contribution is -2.44. The van der Waals surface area contributed by atoms with Gasteiger partial charge in [-0.25, -0.2) is 9.97 Å². The first-order chi connectivity index (χ1) is 12.1. The van der Waals surface area contributed by atoms with E-state index in [-0.39, 0.29) is 11.8 Å². The quantitative estimate of drug-likeness (QED) is 0.910. The van der Waals surface area contributed by atoms with Crippen molar-refractivity contribution in [3.05, 3.63) is 42.6 Å². The van der Waals surface area contributed by atoms with E-state index in [1.807, 2.05) is 36.4 Å². The first kappa shape index (κ1) is 17.4. The Kier molecular flexibility index (Phi) is 5.64. The third-order valence-electron chi connectivity index (χ3n) is 4.47. The fourth-order valence-corrected chi connectivity index (χ4v) is 3.10. The molecule has 5 nitrogen and oxygen atoms in total. The summed E-state index contributed by atoms with van der Waals surface area (Å²) in [5.41, 5.74) is 1.01. The van der Waals surface area contributed by atoms with Crippen LogP contribution in [0.15, 0.2) is 42.6 Å². The minimum atomic E-state index is 0.0302. The number of piperidine rings is 1. The van der Waals surface area contributed by atoms with Crippen molar-refractivity contribution in [2.75, 3.05) is 24.5 Å². The maximum Gasteiger partial charge on any atom is 0.224 e. The van der Waals surface area contributed by atoms with Gasteiger partial charge in [-0.3, -0.25) is 4.79 Å². The highest BCUT2D eigenvalue weighted by molar-refractivity contribution is 5.79. The molecule has 1 aromatic carbocycles. The molecule has 1 atom stereocenters. The van der Waals surface area contributed by atoms with Crippen LogP contribution in [0.3, 0.4) is 0 Å². The number of nitrogens with one attached hydrogen (secondary N) is 1. The van der Waals surface area contributed by atoms with Crippen LogP contribution in [0.1, 0.15) is 26.7 Å². The van der Waals surface area contributed by atoms with Crippen LogP contribution < -0.4 is 10.2 Å². The number of nitrogens with zero attached hydrogens (tertiary/aromatic N) is 3. The van der Waals surface area contributed by atoms with Gasteiger partial charge in [-0.15, -0.1) is 0 Å². The first-order valence-electron chi connectivity index (χ1n) is 9.04. The van der Waals surface area contributed by atoms with E-state index in [0.717, 1.165) is 49.7 Å². The summed E-state index contributed by atoms with van der Waals surface area (Å²) in [5.74, 6) is 2.29. The Balaban J connectivity index is 1.70. The van der Waals surface area contributed by atoms with E-state index < -0.39 is 0 Å². The molecular formula is C20H26N4O. The monoisotopic (exact) mass is 338 g/mol. The Labute approximate surface area is 149 Å². The van der Waals surface area contributed by atoms with Gasteiger partial charge in [0.05, 0.1) is 5.92 Å². The number of hydrogen-bond acceptors (Lipinski definition) is 4. The molecule has 25 heavy (non-hydrogen) atoms. The molecule has 0 bridgehead atoms. The van der Waals surface area contributed by atoms with Gasteiger partial charge in [0.1, 0.15) is 5.82 Å². The topological polar surface area (TPSA) is 58.1 Å². The molecule has 0 unspecified atom stereocenters. The molecule has 0 spiro atoms. The van der Waals surface area contributed by atoms with Crippen LogP contribution in [0.5, 0.6) is 0 Å². The normalized spacial score (nSPS) is 17.6. The lowest BCUT2D eigenvalue weighted by molar-refractivity contribution is -0.125. The number of rotatable bonds is 5. The van der Waals surface area contributed by atoms with Crippen LogP contribution in [0, 0.1) is 11.8 Å². The number of benzene rings is 1. The van der Waals surface area contributed by atoms with Crippen LogP contribution in [-0.4, -0.2) is 35.5 Å². The standard InChI is InChI=1S/C20H26N4O/c1-15(2)13-22-20(25)17-9-6-12-24(14-17)18-10-11-21-19(23-18)16-7-4-3-5-8-16/h3-5,7-8,10-11,15,17H,6,9,12-14H2,1-2H3,(H,22,25)/t17-/m1/s1. The lowest BCUT2D eigenvalue weighted by Gasteiger charge is -2.33. The van der Waals surface area contributed by atoms with Crippen molar-refractivity contribution < 1.29 is 4.79 Å². The summed E-state index contributed by atoms with van der Waals surface area (Å²) < 4.78 is 0. The zero-order chi connectivity index (χ0) is 17.6. The van der Waals surface area contributed by atoms with Gasteiger partial charge in [0.25, 0.3) is 0 Å². The zero-order valence-corrected chi connectivity index (χ0v) is 15.0. The highest BCUT2D eigenvalue weighted by Crippen LogP contribution is 2.23. The van der Waals surface area contributed by atoms with Crippen molar-refractivity contribution >= 4 is 11.7 Å². The smallest absolute Gasteiger partial charge is 0.224 e. The molecule has 0 aliphatic carbocycles. The minimum absolute atomic E-state index is 0.0302. The van der Waals surface area contributed by atoms with Crippen molar-refractivity contribution in [1.82, 2.24) is 15.3 Å². The maximum absolute atomic E-state index is 12.4. The van der Waals surface area contributed by atoms with Gasteiger partial charge in [-0.2, -0.15) is 0 Å². The Morgan fingerprint density at radius 2 is 2.08 bits per heavy atom. The lowest BCUT2D eigenvalue weighted by atomic mass is 9.97. The summed E-state index contributed by atoms with van der Waals surface area (Å²) in [6.07, 6.45) is 3.74. The summed E-state index contributed by atoms with van der Waals surface area (Å²) in [7, 11) is 0. The molecule has 1 aromatic heterocycles. The highest BCUT2D eigenvalue weighted by atomic mass is 16.1. The number of carbonyl (C=O) groups is 1. The third kappa shape index (κ3) is 4.56. The molecule has 1 fully saturated rings. The fraction of sp³-hybridized carbons (Fsp3) is 0.450. The van der Waals surface area contributed by atoms with Gasteiger partial charge in [0, 0.05) is 31.4 Å². The predicted molar refractivity (Wildman–Crippen MR) is 100 cm³/mol. The molecule has 2 heterocycles. The second-order valence-corrected chi connectivity index (χ2v) is 7.03. The second-order valence-electron chi connectivity index (χ2n) is 7.03. The highest BCUT2D eigenvalue weighted by Gasteiger charge is 2.26. The maximum atomic E-state index is 12.4. The Morgan fingerprint density at radius 1 is 1.28 bits per heavy atom. The van der Waals surface area contributed by atoms with Gasteiger partial charge < -0.3 is 10.2 Å². The molecule has 2 aromatic rings. The van der Waals surface area contributed by atoms with Gasteiger partial charge in [-0.05, 0) is 24.8 Å². The first-order valence-corrected chi connectivity index (χ1v) is 9.04. The van der Waals surface area contributed by atoms with Crippen molar-refractivity contribution in [2.45, 2.75) is 26.7 Å². The van der Waals surface area contributed by atoms with Crippen LogP contribution in [-0.2, 0) is 4.79 Å². The minimum Gasteiger partial charge on any atom is -0.356 e. The summed E-state index contributed by atoms with van der Waals surface area (Å²) in [6.45, 7) is 6.61. The zero-order valence-electron chi connectivity index (χ0n) is 15.0. The van der Waals surface area contributed by atoms with E-state index in [4.69, 9.17) is 4.98 Å². The molecule has 1 amide bonds. The van der Waals surface area contributed by atoms with Crippen LogP contribution in [0.2, 0.25) is 0 Å². The third-order valence-corrected chi connectivity index (χ3v) is 4.47. The largest absolute Gasteiger partial charge is 0.356 e. The van der Waals surface area contributed by atoms with Gasteiger partial charge in [0.2, 0.25) is 5.91 Å². The Bertz CT molecular complexity index is 702. The summed E-state index contributed by atoms with van der Waals surface area (Å²) in [4.78, 5) is 23.7. The summed E-state index contributed by atoms with van der Waals surface area (Å²) in [6, 6.07) is 11.9. The predicted octanol–water partition coefficient (Wildman–Crippen LogP) is 3.13. The number of carbonyl (C=O) groups excluding carboxylic acids is 1. The van der Waals surface area contributed by atoms with E-state index in [0.29, 0.717) is 5.92 Å². The molecule has 3 rings (SSSR count). The molecular weight excluding hydrogens is 312 g/mol. The van der Waals surface area contributed by atoms with E-state index in [1.54, 1.807) is 6.20 Å². The van der Waals surface area contributed by atoms with E-state index >= 15 is 0 Å². The fourth-order valence-electron chi connectivity index (χ4n) is 3.10. The summed E-state index contributed by atoms with van der Waals surface area (Å²) >= 11 is 0. The van der Waals surface area contributed by atoms with Crippen molar-refractivity contribution in [3.8, 4) is 11.4 Å². The van der Waals surface area contributed by atoms with E-state index in [2.05, 4.69) is 29.0 Å². The van der Waals surface area contributed by atoms with Crippen molar-refractivity contribution in [2.24, 2.45) is 11.8 Å². The molecule has 0 saturated carbocycles. The van der Waals surface area contributed by atoms with Crippen molar-refractivity contribution in [3.63, 3.8) is 0 Å². The van der Waals surface area contributed by atoms with Gasteiger partial charge in [0.15, 0.2) is 5.82 Å². The number of hydrogen-bond donors (Lipinski definition) is 1. The molecule has 5 heteroatoms. The average molecular weight is 338 g/mol. The summed E-state index contributed by atoms with van der Waals surface area (Å²) in [5, 5.41) is 3.06. The Hall–Kier alpha value is -2.43. The van der Waals surface area contributed by atoms with E-state index in [9.17, 15) is 4.79 Å². The van der Waals surface area contributed by atoms with Crippen LogP contribution in [0.4, 0.5) is 5.82 Å². The molecule has 1 aliphatic rings. The Morgan fingerprint density at radius 3 is 2.84 bits per heavy atom. The molecule has 1 N–H and O–H groups in total. The molecule has 0 radical (unpaired) electrons. The SMILES string of the molecule is CC(C)CNC(=O)[C@@H]1CCCN(c2ccnc(-c3ccccc3)n2)C1. The number of aromatic nitrogens is 2. The number of amides is 1. The second kappa shape index (κ2) is 8.10. The van der Waals surface area contributed by atoms with Gasteiger partial charge >= 0.3 is 0 Å². The molecule has 132 valence electrons. The number of anilines is 1. The van der Waals surface area contributed by atoms with Crippen LogP contribution in [0.25, 0.3) is 11.4 Å². The van der Waals surface area contributed by atoms with Crippen molar-refractivity contribution in [1.29, 1.82) is 0 Å². The van der Waals surface area contributed by atoms with E-state index in [1.165, 1.54) is 0 Å².